The molecule has 2 aliphatic rings. The number of halogens is 1. The Morgan fingerprint density at radius 2 is 2.09 bits per heavy atom. The molecule has 0 aromatic heterocycles. The van der Waals surface area contributed by atoms with Crippen molar-refractivity contribution < 1.29 is 44.8 Å². The molecule has 2 aliphatic carbocycles. The smallest absolute Gasteiger partial charge is 1.00 e. The van der Waals surface area contributed by atoms with E-state index < -0.39 is 0 Å². The van der Waals surface area contributed by atoms with Crippen molar-refractivity contribution in [1.29, 1.82) is 0 Å². The van der Waals surface area contributed by atoms with E-state index >= 15 is 0 Å². The number of rotatable bonds is 1. The van der Waals surface area contributed by atoms with Crippen LogP contribution in [0, 0.1) is 18.3 Å². The largest absolute Gasteiger partial charge is 1.00 e. The monoisotopic (exact) mass is 362 g/mol. The number of fused-ring (bicyclic) bond motifs is 2. The molecule has 0 aromatic rings. The van der Waals surface area contributed by atoms with E-state index in [0.717, 1.165) is 11.8 Å². The van der Waals surface area contributed by atoms with E-state index in [1.54, 1.807) is 0 Å². The van der Waals surface area contributed by atoms with Crippen LogP contribution in [0.3, 0.4) is 0 Å². The van der Waals surface area contributed by atoms with E-state index in [-0.39, 0.29) is 40.1 Å². The van der Waals surface area contributed by atoms with Crippen molar-refractivity contribution in [2.24, 2.45) is 11.8 Å². The summed E-state index contributed by atoms with van der Waals surface area (Å²) in [6.45, 7) is 0. The van der Waals surface area contributed by atoms with Gasteiger partial charge in [0.05, 0.1) is 6.10 Å². The van der Waals surface area contributed by atoms with Crippen molar-refractivity contribution in [1.82, 2.24) is 0 Å². The van der Waals surface area contributed by atoms with E-state index in [1.807, 2.05) is 7.11 Å². The van der Waals surface area contributed by atoms with Gasteiger partial charge in [-0.2, -0.15) is 0 Å². The minimum atomic E-state index is 0. The summed E-state index contributed by atoms with van der Waals surface area (Å²) in [5.41, 5.74) is 0. The minimum Gasteiger partial charge on any atom is -1.00 e. The first-order chi connectivity index (χ1) is 4.40. The molecule has 2 bridgehead atoms. The van der Waals surface area contributed by atoms with Gasteiger partial charge in [-0.05, 0) is 37.5 Å². The van der Waals surface area contributed by atoms with Crippen LogP contribution in [0.4, 0.5) is 0 Å². The van der Waals surface area contributed by atoms with Gasteiger partial charge in [0, 0.05) is 7.11 Å². The number of methoxy groups -OCH3 is 1. The number of hydrogen-bond acceptors (Lipinski definition) is 1. The van der Waals surface area contributed by atoms with Crippen LogP contribution in [0.15, 0.2) is 0 Å². The van der Waals surface area contributed by atoms with E-state index in [1.165, 1.54) is 19.3 Å². The fourth-order valence-corrected chi connectivity index (χ4v) is 2.22. The molecule has 0 spiro atoms. The first-order valence-corrected chi connectivity index (χ1v) is 3.78. The second-order valence-corrected chi connectivity index (χ2v) is 3.23. The first-order valence-electron chi connectivity index (χ1n) is 3.78. The Balaban J connectivity index is 0.000000500. The van der Waals surface area contributed by atoms with Gasteiger partial charge in [0.25, 0.3) is 0 Å². The topological polar surface area (TPSA) is 9.23 Å². The predicted molar refractivity (Wildman–Crippen MR) is 35.9 cm³/mol. The van der Waals surface area contributed by atoms with Crippen molar-refractivity contribution in [3.05, 3.63) is 6.42 Å². The van der Waals surface area contributed by atoms with Gasteiger partial charge in [0.15, 0.2) is 0 Å². The Morgan fingerprint density at radius 3 is 2.36 bits per heavy atom. The summed E-state index contributed by atoms with van der Waals surface area (Å²) in [6, 6.07) is 0. The van der Waals surface area contributed by atoms with Crippen LogP contribution in [-0.4, -0.2) is 13.2 Å². The van der Waals surface area contributed by atoms with Crippen LogP contribution >= 0.6 is 0 Å². The van der Waals surface area contributed by atoms with E-state index in [2.05, 4.69) is 6.42 Å². The van der Waals surface area contributed by atoms with Crippen molar-refractivity contribution >= 4 is 0 Å². The Kier molecular flexibility index (Phi) is 5.57. The molecule has 60 valence electrons. The third kappa shape index (κ3) is 2.32. The summed E-state index contributed by atoms with van der Waals surface area (Å²) in [5.74, 6) is 1.78. The predicted octanol–water partition coefficient (Wildman–Crippen LogP) is -1.36. The minimum absolute atomic E-state index is 0. The fourth-order valence-electron chi connectivity index (χ4n) is 2.22. The second kappa shape index (κ2) is 5.03. The van der Waals surface area contributed by atoms with E-state index in [9.17, 15) is 0 Å². The van der Waals surface area contributed by atoms with Gasteiger partial charge < -0.3 is 17.1 Å². The standard InChI is InChI=1S/C8H13O.ClH.Hg/c1-9-8-5-6-2-3-7(8)4-6;;/h5-8H,2-4H2,1H3;1H;/q;;+1/p-1/t6?,7?,8-;;/m0../s1. The Morgan fingerprint density at radius 1 is 1.36 bits per heavy atom. The number of hydrogen-bond donors (Lipinski definition) is 0. The zero-order chi connectivity index (χ0) is 6.27. The van der Waals surface area contributed by atoms with Crippen LogP contribution in [0.2, 0.25) is 0 Å². The molecule has 0 aliphatic heterocycles. The molecule has 1 nitrogen and oxygen atoms in total. The maximum absolute atomic E-state index is 5.29. The van der Waals surface area contributed by atoms with Crippen LogP contribution in [0.5, 0.6) is 0 Å². The fraction of sp³-hybridized carbons (Fsp3) is 0.875. The number of ether oxygens (including phenoxy) is 1. The molecule has 2 unspecified atom stereocenters. The Labute approximate surface area is 95.2 Å². The van der Waals surface area contributed by atoms with Crippen LogP contribution in [-0.2, 0) is 32.4 Å². The normalized spacial score (nSPS) is 39.5. The molecular formula is C8H13ClHgO. The molecular weight excluding hydrogens is 348 g/mol. The van der Waals surface area contributed by atoms with Crippen LogP contribution in [0.25, 0.3) is 0 Å². The second-order valence-electron chi connectivity index (χ2n) is 3.23. The van der Waals surface area contributed by atoms with Gasteiger partial charge >= 0.3 is 27.7 Å². The summed E-state index contributed by atoms with van der Waals surface area (Å²) in [7, 11) is 1.82. The SMILES string of the molecule is CO[C@H]1[CH]C2CCC1C2.[Cl-].[Hg+]. The summed E-state index contributed by atoms with van der Waals surface area (Å²) in [5, 5.41) is 0. The average Bonchev–Trinajstić information content (AvgIpc) is 2.45. The van der Waals surface area contributed by atoms with Crippen molar-refractivity contribution in [2.75, 3.05) is 7.11 Å². The Hall–Kier alpha value is 1.19. The van der Waals surface area contributed by atoms with E-state index in [4.69, 9.17) is 4.74 Å². The maximum atomic E-state index is 5.29. The molecule has 0 saturated heterocycles. The molecule has 11 heavy (non-hydrogen) atoms. The molecule has 0 amide bonds. The quantitative estimate of drug-likeness (QED) is 0.525. The van der Waals surface area contributed by atoms with E-state index in [0.29, 0.717) is 6.10 Å². The maximum Gasteiger partial charge on any atom is 1.00 e. The van der Waals surface area contributed by atoms with Crippen molar-refractivity contribution in [3.8, 4) is 0 Å². The average molecular weight is 361 g/mol. The van der Waals surface area contributed by atoms with Crippen molar-refractivity contribution in [2.45, 2.75) is 25.4 Å². The molecule has 2 fully saturated rings. The zero-order valence-corrected chi connectivity index (χ0v) is 13.2. The van der Waals surface area contributed by atoms with Gasteiger partial charge in [-0.3, -0.25) is 0 Å². The van der Waals surface area contributed by atoms with Gasteiger partial charge in [0.1, 0.15) is 0 Å². The third-order valence-electron chi connectivity index (χ3n) is 2.71. The van der Waals surface area contributed by atoms with Crippen LogP contribution in [0.1, 0.15) is 19.3 Å². The summed E-state index contributed by atoms with van der Waals surface area (Å²) in [4.78, 5) is 0. The summed E-state index contributed by atoms with van der Waals surface area (Å²) < 4.78 is 5.29. The summed E-state index contributed by atoms with van der Waals surface area (Å²) >= 11 is 0. The third-order valence-corrected chi connectivity index (χ3v) is 2.71. The van der Waals surface area contributed by atoms with Crippen LogP contribution < -0.4 is 12.4 Å². The summed E-state index contributed by atoms with van der Waals surface area (Å²) in [6.07, 6.45) is 7.11. The van der Waals surface area contributed by atoms with Gasteiger partial charge in [-0.1, -0.05) is 0 Å². The molecule has 0 heterocycles. The molecule has 3 atom stereocenters. The zero-order valence-electron chi connectivity index (χ0n) is 6.92. The Bertz CT molecular complexity index is 121. The van der Waals surface area contributed by atoms with Gasteiger partial charge in [-0.15, -0.1) is 0 Å². The molecule has 3 heteroatoms. The molecule has 2 radical (unpaired) electrons. The molecule has 2 saturated carbocycles. The van der Waals surface area contributed by atoms with Crippen molar-refractivity contribution in [3.63, 3.8) is 0 Å². The molecule has 0 N–H and O–H groups in total. The van der Waals surface area contributed by atoms with Gasteiger partial charge in [0.2, 0.25) is 0 Å². The molecule has 2 rings (SSSR count). The first kappa shape index (κ1) is 12.2. The molecule has 0 aromatic carbocycles. The van der Waals surface area contributed by atoms with Gasteiger partial charge in [-0.25, -0.2) is 0 Å².